The lowest BCUT2D eigenvalue weighted by Crippen LogP contribution is -2.60. The number of carbonyl (C=O) groups is 1. The lowest BCUT2D eigenvalue weighted by Gasteiger charge is -2.53. The molecule has 0 aromatic carbocycles. The summed E-state index contributed by atoms with van der Waals surface area (Å²) in [5.41, 5.74) is 0.112. The SMILES string of the molecule is CC(C)CCC[C@@H](C)[C@H]1CC[C@@]2(C)C(=O)[C@@H](N3CCN(C)CC3)CC[C@]12C. The van der Waals surface area contributed by atoms with Crippen LogP contribution in [0.5, 0.6) is 0 Å². The van der Waals surface area contributed by atoms with Gasteiger partial charge in [0.15, 0.2) is 5.78 Å². The highest BCUT2D eigenvalue weighted by atomic mass is 16.1. The van der Waals surface area contributed by atoms with Gasteiger partial charge in [-0.2, -0.15) is 0 Å². The van der Waals surface area contributed by atoms with E-state index in [4.69, 9.17) is 0 Å². The van der Waals surface area contributed by atoms with E-state index in [2.05, 4.69) is 51.5 Å². The monoisotopic (exact) mass is 376 g/mol. The summed E-state index contributed by atoms with van der Waals surface area (Å²) in [7, 11) is 2.20. The summed E-state index contributed by atoms with van der Waals surface area (Å²) in [6.45, 7) is 16.3. The molecule has 0 spiro atoms. The van der Waals surface area contributed by atoms with Crippen molar-refractivity contribution in [3.63, 3.8) is 0 Å². The summed E-state index contributed by atoms with van der Waals surface area (Å²) in [6.07, 6.45) is 8.73. The molecule has 1 heterocycles. The molecule has 0 amide bonds. The summed E-state index contributed by atoms with van der Waals surface area (Å²) in [5, 5.41) is 0. The van der Waals surface area contributed by atoms with Gasteiger partial charge < -0.3 is 4.90 Å². The lowest BCUT2D eigenvalue weighted by atomic mass is 9.53. The first-order valence-electron chi connectivity index (χ1n) is 11.7. The van der Waals surface area contributed by atoms with Crippen LogP contribution in [0.4, 0.5) is 0 Å². The fourth-order valence-corrected chi connectivity index (χ4v) is 6.70. The van der Waals surface area contributed by atoms with Crippen LogP contribution in [0.2, 0.25) is 0 Å². The predicted molar refractivity (Wildman–Crippen MR) is 114 cm³/mol. The third-order valence-corrected chi connectivity index (χ3v) is 8.92. The molecule has 0 N–H and O–H groups in total. The van der Waals surface area contributed by atoms with E-state index in [-0.39, 0.29) is 16.9 Å². The molecule has 0 aromatic heterocycles. The van der Waals surface area contributed by atoms with Crippen LogP contribution in [0.25, 0.3) is 0 Å². The molecule has 1 saturated heterocycles. The van der Waals surface area contributed by atoms with Crippen LogP contribution in [-0.4, -0.2) is 54.9 Å². The number of rotatable bonds is 6. The van der Waals surface area contributed by atoms with Crippen molar-refractivity contribution in [1.82, 2.24) is 9.80 Å². The Labute approximate surface area is 168 Å². The van der Waals surface area contributed by atoms with Gasteiger partial charge in [0.1, 0.15) is 0 Å². The van der Waals surface area contributed by atoms with E-state index in [0.29, 0.717) is 5.78 Å². The highest BCUT2D eigenvalue weighted by Gasteiger charge is 2.62. The molecule has 3 nitrogen and oxygen atoms in total. The second-order valence-electron chi connectivity index (χ2n) is 11.0. The number of fused-ring (bicyclic) bond motifs is 1. The van der Waals surface area contributed by atoms with Gasteiger partial charge in [-0.05, 0) is 55.9 Å². The largest absolute Gasteiger partial charge is 0.304 e. The minimum absolute atomic E-state index is 0.101. The third kappa shape index (κ3) is 3.88. The van der Waals surface area contributed by atoms with E-state index >= 15 is 0 Å². The molecule has 156 valence electrons. The van der Waals surface area contributed by atoms with E-state index < -0.39 is 0 Å². The molecule has 3 rings (SSSR count). The fourth-order valence-electron chi connectivity index (χ4n) is 6.70. The quantitative estimate of drug-likeness (QED) is 0.662. The molecule has 0 bridgehead atoms. The molecule has 0 unspecified atom stereocenters. The molecule has 1 aliphatic heterocycles. The molecular weight excluding hydrogens is 332 g/mol. The molecule has 2 saturated carbocycles. The van der Waals surface area contributed by atoms with Crippen molar-refractivity contribution in [2.24, 2.45) is 28.6 Å². The second-order valence-corrected chi connectivity index (χ2v) is 11.0. The first-order valence-corrected chi connectivity index (χ1v) is 11.7. The summed E-state index contributed by atoms with van der Waals surface area (Å²) in [4.78, 5) is 18.6. The normalized spacial score (nSPS) is 39.7. The molecule has 0 aromatic rings. The van der Waals surface area contributed by atoms with Gasteiger partial charge in [0.05, 0.1) is 6.04 Å². The van der Waals surface area contributed by atoms with E-state index in [1.165, 1.54) is 32.1 Å². The number of hydrogen-bond acceptors (Lipinski definition) is 3. The second kappa shape index (κ2) is 8.14. The zero-order valence-corrected chi connectivity index (χ0v) is 18.9. The maximum Gasteiger partial charge on any atom is 0.156 e. The third-order valence-electron chi connectivity index (χ3n) is 8.92. The average Bonchev–Trinajstić information content (AvgIpc) is 2.89. The zero-order valence-electron chi connectivity index (χ0n) is 18.9. The number of nitrogens with zero attached hydrogens (tertiary/aromatic N) is 2. The Morgan fingerprint density at radius 2 is 1.67 bits per heavy atom. The smallest absolute Gasteiger partial charge is 0.156 e. The van der Waals surface area contributed by atoms with Gasteiger partial charge in [-0.15, -0.1) is 0 Å². The molecular formula is C24H44N2O. The molecule has 3 fully saturated rings. The van der Waals surface area contributed by atoms with Crippen LogP contribution in [0.1, 0.15) is 79.6 Å². The first kappa shape index (κ1) is 21.3. The van der Waals surface area contributed by atoms with Crippen LogP contribution < -0.4 is 0 Å². The van der Waals surface area contributed by atoms with Crippen molar-refractivity contribution >= 4 is 5.78 Å². The zero-order chi connectivity index (χ0) is 19.8. The number of ketones is 1. The highest BCUT2D eigenvalue weighted by molar-refractivity contribution is 5.91. The minimum Gasteiger partial charge on any atom is -0.304 e. The fraction of sp³-hybridized carbons (Fsp3) is 0.958. The van der Waals surface area contributed by atoms with Gasteiger partial charge in [-0.25, -0.2) is 0 Å². The van der Waals surface area contributed by atoms with Crippen LogP contribution in [0.3, 0.4) is 0 Å². The van der Waals surface area contributed by atoms with Crippen molar-refractivity contribution in [2.45, 2.75) is 85.6 Å². The van der Waals surface area contributed by atoms with Gasteiger partial charge in [0.2, 0.25) is 0 Å². The van der Waals surface area contributed by atoms with E-state index in [1.54, 1.807) is 0 Å². The highest BCUT2D eigenvalue weighted by Crippen LogP contribution is 2.64. The van der Waals surface area contributed by atoms with Crippen molar-refractivity contribution < 1.29 is 4.79 Å². The standard InChI is InChI=1S/C24H44N2O/c1-18(2)8-7-9-19(3)20-10-12-24(5)22(27)21(11-13-23(20,24)4)26-16-14-25(6)15-17-26/h18-21H,7-17H2,1-6H3/t19-,20-,21+,23-,24+/m1/s1. The van der Waals surface area contributed by atoms with E-state index in [0.717, 1.165) is 56.8 Å². The predicted octanol–water partition coefficient (Wildman–Crippen LogP) is 4.85. The van der Waals surface area contributed by atoms with Gasteiger partial charge in [0.25, 0.3) is 0 Å². The molecule has 5 atom stereocenters. The first-order chi connectivity index (χ1) is 12.7. The number of likely N-dealkylation sites (N-methyl/N-ethyl adjacent to an activating group) is 1. The molecule has 0 radical (unpaired) electrons. The average molecular weight is 377 g/mol. The minimum atomic E-state index is -0.101. The van der Waals surface area contributed by atoms with Crippen molar-refractivity contribution in [1.29, 1.82) is 0 Å². The van der Waals surface area contributed by atoms with E-state index in [9.17, 15) is 4.79 Å². The van der Waals surface area contributed by atoms with Gasteiger partial charge >= 0.3 is 0 Å². The van der Waals surface area contributed by atoms with Crippen LogP contribution in [0.15, 0.2) is 0 Å². The van der Waals surface area contributed by atoms with Crippen molar-refractivity contribution in [3.8, 4) is 0 Å². The lowest BCUT2D eigenvalue weighted by molar-refractivity contribution is -0.149. The van der Waals surface area contributed by atoms with Gasteiger partial charge in [-0.3, -0.25) is 9.69 Å². The molecule has 27 heavy (non-hydrogen) atoms. The summed E-state index contributed by atoms with van der Waals surface area (Å²) >= 11 is 0. The summed E-state index contributed by atoms with van der Waals surface area (Å²) in [5.74, 6) is 2.87. The van der Waals surface area contributed by atoms with Crippen LogP contribution in [0, 0.1) is 28.6 Å². The maximum absolute atomic E-state index is 13.7. The number of carbonyl (C=O) groups excluding carboxylic acids is 1. The Balaban J connectivity index is 1.68. The van der Waals surface area contributed by atoms with Crippen LogP contribution in [-0.2, 0) is 4.79 Å². The van der Waals surface area contributed by atoms with Crippen molar-refractivity contribution in [3.05, 3.63) is 0 Å². The Morgan fingerprint density at radius 3 is 2.30 bits per heavy atom. The molecule has 3 heteroatoms. The van der Waals surface area contributed by atoms with Crippen molar-refractivity contribution in [2.75, 3.05) is 33.2 Å². The Bertz CT molecular complexity index is 524. The number of piperazine rings is 1. The summed E-state index contributed by atoms with van der Waals surface area (Å²) < 4.78 is 0. The molecule has 3 aliphatic rings. The molecule has 2 aliphatic carbocycles. The summed E-state index contributed by atoms with van der Waals surface area (Å²) in [6, 6.07) is 0.187. The van der Waals surface area contributed by atoms with Gasteiger partial charge in [-0.1, -0.05) is 53.9 Å². The number of Topliss-reactive ketones (excluding diaryl/α,β-unsaturated/α-hetero) is 1. The Morgan fingerprint density at radius 1 is 1.00 bits per heavy atom. The number of hydrogen-bond donors (Lipinski definition) is 0. The van der Waals surface area contributed by atoms with Gasteiger partial charge in [0, 0.05) is 31.6 Å². The topological polar surface area (TPSA) is 23.6 Å². The van der Waals surface area contributed by atoms with E-state index in [1.807, 2.05) is 0 Å². The Hall–Kier alpha value is -0.410. The Kier molecular flexibility index (Phi) is 6.43. The van der Waals surface area contributed by atoms with Crippen LogP contribution >= 0.6 is 0 Å². The maximum atomic E-state index is 13.7.